The van der Waals surface area contributed by atoms with Gasteiger partial charge < -0.3 is 14.9 Å². The lowest BCUT2D eigenvalue weighted by atomic mass is 10.1. The van der Waals surface area contributed by atoms with Gasteiger partial charge in [0.05, 0.1) is 18.4 Å². The van der Waals surface area contributed by atoms with Gasteiger partial charge in [-0.1, -0.05) is 11.6 Å². The maximum absolute atomic E-state index is 10.9. The predicted molar refractivity (Wildman–Crippen MR) is 69.9 cm³/mol. The third-order valence-electron chi connectivity index (χ3n) is 2.54. The number of aromatic hydroxyl groups is 1. The van der Waals surface area contributed by atoms with Crippen LogP contribution in [0.25, 0.3) is 11.3 Å². The van der Waals surface area contributed by atoms with E-state index >= 15 is 0 Å². The number of methoxy groups -OCH3 is 1. The molecule has 0 saturated carbocycles. The number of benzene rings is 1. The summed E-state index contributed by atoms with van der Waals surface area (Å²) in [6, 6.07) is 5.78. The van der Waals surface area contributed by atoms with E-state index in [0.717, 1.165) is 0 Å². The van der Waals surface area contributed by atoms with Crippen LogP contribution < -0.4 is 4.74 Å². The zero-order valence-corrected chi connectivity index (χ0v) is 10.7. The molecule has 2 N–H and O–H groups in total. The van der Waals surface area contributed by atoms with Crippen molar-refractivity contribution >= 4 is 17.6 Å². The number of nitrogens with zero attached hydrogens (tertiary/aromatic N) is 1. The van der Waals surface area contributed by atoms with Crippen LogP contribution in [0.3, 0.4) is 0 Å². The number of phenols is 1. The number of hydrogen-bond acceptors (Lipinski definition) is 4. The molecule has 0 bridgehead atoms. The molecule has 1 heterocycles. The van der Waals surface area contributed by atoms with Crippen molar-refractivity contribution in [3.8, 4) is 22.8 Å². The van der Waals surface area contributed by atoms with Gasteiger partial charge in [-0.05, 0) is 24.3 Å². The van der Waals surface area contributed by atoms with Crippen LogP contribution in [0.5, 0.6) is 11.5 Å². The molecule has 0 aliphatic carbocycles. The zero-order chi connectivity index (χ0) is 14.0. The Morgan fingerprint density at radius 3 is 2.74 bits per heavy atom. The van der Waals surface area contributed by atoms with Crippen LogP contribution in [0.1, 0.15) is 10.4 Å². The largest absolute Gasteiger partial charge is 0.506 e. The Morgan fingerprint density at radius 1 is 1.37 bits per heavy atom. The Bertz CT molecular complexity index is 643. The van der Waals surface area contributed by atoms with Crippen molar-refractivity contribution in [1.29, 1.82) is 0 Å². The lowest BCUT2D eigenvalue weighted by Crippen LogP contribution is -1.97. The fraction of sp³-hybridized carbons (Fsp3) is 0.0769. The lowest BCUT2D eigenvalue weighted by Gasteiger charge is -2.08. The average molecular weight is 280 g/mol. The van der Waals surface area contributed by atoms with E-state index < -0.39 is 5.97 Å². The SMILES string of the molecule is COc1cc(-c2cc(C(=O)O)ccn2)cc(O)c1Cl. The molecule has 0 unspecified atom stereocenters. The number of hydrogen-bond donors (Lipinski definition) is 2. The van der Waals surface area contributed by atoms with Gasteiger partial charge in [-0.3, -0.25) is 4.98 Å². The van der Waals surface area contributed by atoms with Crippen molar-refractivity contribution in [2.75, 3.05) is 7.11 Å². The van der Waals surface area contributed by atoms with Gasteiger partial charge in [-0.2, -0.15) is 0 Å². The van der Waals surface area contributed by atoms with Crippen molar-refractivity contribution in [2.24, 2.45) is 0 Å². The van der Waals surface area contributed by atoms with E-state index in [0.29, 0.717) is 17.0 Å². The molecule has 0 saturated heterocycles. The van der Waals surface area contributed by atoms with Crippen molar-refractivity contribution in [3.63, 3.8) is 0 Å². The topological polar surface area (TPSA) is 79.7 Å². The van der Waals surface area contributed by atoms with Crippen molar-refractivity contribution in [2.45, 2.75) is 0 Å². The first kappa shape index (κ1) is 13.2. The second-order valence-electron chi connectivity index (χ2n) is 3.75. The van der Waals surface area contributed by atoms with E-state index in [4.69, 9.17) is 21.4 Å². The minimum Gasteiger partial charge on any atom is -0.506 e. The molecule has 19 heavy (non-hydrogen) atoms. The number of aromatic nitrogens is 1. The highest BCUT2D eigenvalue weighted by molar-refractivity contribution is 6.33. The normalized spacial score (nSPS) is 10.2. The second-order valence-corrected chi connectivity index (χ2v) is 4.12. The summed E-state index contributed by atoms with van der Waals surface area (Å²) in [7, 11) is 1.42. The highest BCUT2D eigenvalue weighted by Crippen LogP contribution is 2.37. The Balaban J connectivity index is 2.56. The Labute approximate surface area is 114 Å². The number of rotatable bonds is 3. The summed E-state index contributed by atoms with van der Waals surface area (Å²) in [6.45, 7) is 0. The minimum absolute atomic E-state index is 0.0978. The van der Waals surface area contributed by atoms with Crippen LogP contribution >= 0.6 is 11.6 Å². The summed E-state index contributed by atoms with van der Waals surface area (Å²) in [5, 5.41) is 18.7. The molecule has 6 heteroatoms. The van der Waals surface area contributed by atoms with E-state index in [1.807, 2.05) is 0 Å². The standard InChI is InChI=1S/C13H10ClNO4/c1-19-11-6-8(5-10(16)12(11)14)9-4-7(13(17)18)2-3-15-9/h2-6,16H,1H3,(H,17,18). The maximum atomic E-state index is 10.9. The van der Waals surface area contributed by atoms with Crippen LogP contribution in [0, 0.1) is 0 Å². The molecule has 2 rings (SSSR count). The minimum atomic E-state index is -1.05. The van der Waals surface area contributed by atoms with Crippen LogP contribution in [-0.4, -0.2) is 28.3 Å². The molecule has 0 aliphatic heterocycles. The molecule has 98 valence electrons. The van der Waals surface area contributed by atoms with Crippen LogP contribution in [-0.2, 0) is 0 Å². The number of carboxylic acids is 1. The molecule has 0 aliphatic rings. The fourth-order valence-corrected chi connectivity index (χ4v) is 1.79. The lowest BCUT2D eigenvalue weighted by molar-refractivity contribution is 0.0697. The first-order valence-electron chi connectivity index (χ1n) is 5.29. The molecule has 2 aromatic rings. The van der Waals surface area contributed by atoms with Gasteiger partial charge in [0.15, 0.2) is 0 Å². The average Bonchev–Trinajstić information content (AvgIpc) is 2.41. The van der Waals surface area contributed by atoms with Crippen LogP contribution in [0.4, 0.5) is 0 Å². The van der Waals surface area contributed by atoms with Gasteiger partial charge in [0.25, 0.3) is 0 Å². The number of ether oxygens (including phenoxy) is 1. The van der Waals surface area contributed by atoms with Gasteiger partial charge in [0.2, 0.25) is 0 Å². The van der Waals surface area contributed by atoms with Gasteiger partial charge >= 0.3 is 5.97 Å². The molecule has 1 aromatic carbocycles. The van der Waals surface area contributed by atoms with Crippen LogP contribution in [0.2, 0.25) is 5.02 Å². The number of aromatic carboxylic acids is 1. The molecule has 0 amide bonds. The Hall–Kier alpha value is -2.27. The molecule has 0 radical (unpaired) electrons. The van der Waals surface area contributed by atoms with Crippen molar-refractivity contribution in [1.82, 2.24) is 4.98 Å². The van der Waals surface area contributed by atoms with Gasteiger partial charge in [0, 0.05) is 11.8 Å². The highest BCUT2D eigenvalue weighted by atomic mass is 35.5. The second kappa shape index (κ2) is 5.16. The number of pyridine rings is 1. The summed E-state index contributed by atoms with van der Waals surface area (Å²) in [5.41, 5.74) is 1.03. The van der Waals surface area contributed by atoms with E-state index in [2.05, 4.69) is 4.98 Å². The summed E-state index contributed by atoms with van der Waals surface area (Å²) in [5.74, 6) is -0.911. The monoisotopic (exact) mass is 279 g/mol. The van der Waals surface area contributed by atoms with E-state index in [1.165, 1.54) is 31.5 Å². The van der Waals surface area contributed by atoms with Crippen molar-refractivity contribution < 1.29 is 19.7 Å². The van der Waals surface area contributed by atoms with E-state index in [9.17, 15) is 9.90 Å². The van der Waals surface area contributed by atoms with Crippen LogP contribution in [0.15, 0.2) is 30.5 Å². The molecule has 1 aromatic heterocycles. The first-order chi connectivity index (χ1) is 9.02. The Morgan fingerprint density at radius 2 is 2.11 bits per heavy atom. The summed E-state index contributed by atoms with van der Waals surface area (Å²) in [4.78, 5) is 15.0. The molecular formula is C13H10ClNO4. The summed E-state index contributed by atoms with van der Waals surface area (Å²) >= 11 is 5.84. The van der Waals surface area contributed by atoms with Crippen molar-refractivity contribution in [3.05, 3.63) is 41.0 Å². The maximum Gasteiger partial charge on any atom is 0.335 e. The first-order valence-corrected chi connectivity index (χ1v) is 5.67. The quantitative estimate of drug-likeness (QED) is 0.903. The van der Waals surface area contributed by atoms with E-state index in [1.54, 1.807) is 6.07 Å². The number of carboxylic acid groups (broad SMARTS) is 1. The third kappa shape index (κ3) is 2.61. The predicted octanol–water partition coefficient (Wildman–Crippen LogP) is 2.81. The highest BCUT2D eigenvalue weighted by Gasteiger charge is 2.12. The molecule has 0 spiro atoms. The summed E-state index contributed by atoms with van der Waals surface area (Å²) < 4.78 is 5.03. The third-order valence-corrected chi connectivity index (χ3v) is 2.92. The van der Waals surface area contributed by atoms with Gasteiger partial charge in [-0.25, -0.2) is 4.79 Å². The fourth-order valence-electron chi connectivity index (χ4n) is 1.60. The number of halogens is 1. The zero-order valence-electron chi connectivity index (χ0n) is 9.92. The van der Waals surface area contributed by atoms with Gasteiger partial charge in [0.1, 0.15) is 16.5 Å². The molecular weight excluding hydrogens is 270 g/mol. The number of carbonyl (C=O) groups is 1. The molecule has 0 atom stereocenters. The number of phenolic OH excluding ortho intramolecular Hbond substituents is 1. The Kier molecular flexibility index (Phi) is 3.57. The smallest absolute Gasteiger partial charge is 0.335 e. The van der Waals surface area contributed by atoms with E-state index in [-0.39, 0.29) is 16.3 Å². The molecule has 0 fully saturated rings. The van der Waals surface area contributed by atoms with Gasteiger partial charge in [-0.15, -0.1) is 0 Å². The summed E-state index contributed by atoms with van der Waals surface area (Å²) in [6.07, 6.45) is 1.39. The molecule has 5 nitrogen and oxygen atoms in total.